The van der Waals surface area contributed by atoms with Crippen molar-refractivity contribution in [2.75, 3.05) is 13.2 Å². The van der Waals surface area contributed by atoms with Crippen LogP contribution in [0.3, 0.4) is 0 Å². The number of carbonyl (C=O) groups excluding carboxylic acids is 2. The largest absolute Gasteiger partial charge is 0.447 e. The molecule has 2 amide bonds. The number of benzene rings is 2. The number of nitrogens with one attached hydrogen (secondary N) is 1. The van der Waals surface area contributed by atoms with Crippen LogP contribution >= 0.6 is 11.6 Å². The Morgan fingerprint density at radius 3 is 2.54 bits per heavy atom. The molecule has 28 heavy (non-hydrogen) atoms. The van der Waals surface area contributed by atoms with Crippen LogP contribution in [0, 0.1) is 0 Å². The van der Waals surface area contributed by atoms with E-state index in [1.807, 2.05) is 54.6 Å². The molecule has 1 unspecified atom stereocenters. The normalized spacial score (nSPS) is 19.8. The Labute approximate surface area is 169 Å². The first kappa shape index (κ1) is 20.0. The number of cyclic esters (lactones) is 1. The Morgan fingerprint density at radius 1 is 1.04 bits per heavy atom. The number of rotatable bonds is 3. The van der Waals surface area contributed by atoms with Gasteiger partial charge in [-0.25, -0.2) is 4.79 Å². The zero-order valence-corrected chi connectivity index (χ0v) is 16.3. The highest BCUT2D eigenvalue weighted by atomic mass is 35.5. The van der Waals surface area contributed by atoms with Crippen LogP contribution in [-0.2, 0) is 16.1 Å². The molecular weight excluding hydrogens is 376 g/mol. The van der Waals surface area contributed by atoms with Gasteiger partial charge in [0.05, 0.1) is 6.04 Å². The van der Waals surface area contributed by atoms with Crippen LogP contribution in [0.4, 0.5) is 4.79 Å². The second-order valence-electron chi connectivity index (χ2n) is 6.62. The van der Waals surface area contributed by atoms with Crippen LogP contribution in [0.2, 0.25) is 5.02 Å². The fourth-order valence-corrected chi connectivity index (χ4v) is 3.09. The monoisotopic (exact) mass is 398 g/mol. The maximum absolute atomic E-state index is 12.7. The van der Waals surface area contributed by atoms with Crippen molar-refractivity contribution in [2.24, 2.45) is 0 Å². The molecule has 3 rings (SSSR count). The van der Waals surface area contributed by atoms with Gasteiger partial charge in [-0.3, -0.25) is 4.79 Å². The van der Waals surface area contributed by atoms with Crippen molar-refractivity contribution in [1.29, 1.82) is 0 Å². The predicted octanol–water partition coefficient (Wildman–Crippen LogP) is 4.49. The Hall–Kier alpha value is -2.79. The van der Waals surface area contributed by atoms with Crippen molar-refractivity contribution < 1.29 is 14.3 Å². The highest BCUT2D eigenvalue weighted by Crippen LogP contribution is 2.16. The van der Waals surface area contributed by atoms with E-state index in [4.69, 9.17) is 16.3 Å². The average Bonchev–Trinajstić information content (AvgIpc) is 2.71. The van der Waals surface area contributed by atoms with Crippen LogP contribution < -0.4 is 5.32 Å². The molecule has 0 saturated heterocycles. The van der Waals surface area contributed by atoms with E-state index in [2.05, 4.69) is 5.32 Å². The fraction of sp³-hybridized carbons (Fsp3) is 0.273. The third kappa shape index (κ3) is 5.86. The van der Waals surface area contributed by atoms with E-state index in [1.165, 1.54) is 0 Å². The lowest BCUT2D eigenvalue weighted by atomic mass is 10.1. The van der Waals surface area contributed by atoms with Crippen molar-refractivity contribution in [3.8, 4) is 0 Å². The summed E-state index contributed by atoms with van der Waals surface area (Å²) in [5.41, 5.74) is 1.87. The number of amides is 2. The third-order valence-electron chi connectivity index (χ3n) is 4.49. The van der Waals surface area contributed by atoms with Crippen molar-refractivity contribution in [3.05, 3.63) is 82.9 Å². The standard InChI is InChI=1S/C22H23ClN2O3/c23-19-12-10-17(11-13-19)15-25-14-6-2-5-9-21(26)24-20(16-28-22(25)27)18-7-3-1-4-8-18/h1-4,6-8,10-13,20H,5,9,14-16H2,(H,24,26)/b6-2+. The minimum absolute atomic E-state index is 0.0619. The van der Waals surface area contributed by atoms with Gasteiger partial charge in [-0.15, -0.1) is 0 Å². The molecule has 0 fully saturated rings. The maximum Gasteiger partial charge on any atom is 0.410 e. The van der Waals surface area contributed by atoms with Crippen molar-refractivity contribution in [3.63, 3.8) is 0 Å². The molecule has 6 heteroatoms. The lowest BCUT2D eigenvalue weighted by Crippen LogP contribution is -2.36. The summed E-state index contributed by atoms with van der Waals surface area (Å²) in [4.78, 5) is 26.5. The second-order valence-corrected chi connectivity index (χ2v) is 7.06. The second kappa shape index (κ2) is 9.95. The molecule has 1 N–H and O–H groups in total. The van der Waals surface area contributed by atoms with E-state index in [0.717, 1.165) is 11.1 Å². The summed E-state index contributed by atoms with van der Waals surface area (Å²) in [6.45, 7) is 0.914. The van der Waals surface area contributed by atoms with E-state index < -0.39 is 6.09 Å². The first-order chi connectivity index (χ1) is 13.6. The average molecular weight is 399 g/mol. The summed E-state index contributed by atoms with van der Waals surface area (Å²) < 4.78 is 5.55. The van der Waals surface area contributed by atoms with Crippen LogP contribution in [0.15, 0.2) is 66.7 Å². The van der Waals surface area contributed by atoms with E-state index >= 15 is 0 Å². The summed E-state index contributed by atoms with van der Waals surface area (Å²) in [5.74, 6) is -0.0619. The lowest BCUT2D eigenvalue weighted by Gasteiger charge is -2.24. The Balaban J connectivity index is 1.75. The molecule has 1 aliphatic rings. The summed E-state index contributed by atoms with van der Waals surface area (Å²) in [7, 11) is 0. The maximum atomic E-state index is 12.7. The van der Waals surface area contributed by atoms with E-state index in [9.17, 15) is 9.59 Å². The van der Waals surface area contributed by atoms with Gasteiger partial charge < -0.3 is 15.0 Å². The Kier molecular flexibility index (Phi) is 7.09. The van der Waals surface area contributed by atoms with E-state index in [-0.39, 0.29) is 18.6 Å². The Morgan fingerprint density at radius 2 is 1.79 bits per heavy atom. The smallest absolute Gasteiger partial charge is 0.410 e. The minimum atomic E-state index is -0.421. The molecule has 0 aromatic heterocycles. The predicted molar refractivity (Wildman–Crippen MR) is 109 cm³/mol. The number of halogens is 1. The van der Waals surface area contributed by atoms with Crippen LogP contribution in [-0.4, -0.2) is 30.1 Å². The molecular formula is C22H23ClN2O3. The van der Waals surface area contributed by atoms with E-state index in [0.29, 0.717) is 31.0 Å². The Bertz CT molecular complexity index is 821. The van der Waals surface area contributed by atoms with Gasteiger partial charge in [-0.2, -0.15) is 0 Å². The summed E-state index contributed by atoms with van der Waals surface area (Å²) >= 11 is 5.94. The molecule has 5 nitrogen and oxygen atoms in total. The van der Waals surface area contributed by atoms with Gasteiger partial charge >= 0.3 is 6.09 Å². The van der Waals surface area contributed by atoms with Gasteiger partial charge in [0, 0.05) is 24.5 Å². The number of hydrogen-bond acceptors (Lipinski definition) is 3. The van der Waals surface area contributed by atoms with Gasteiger partial charge in [0.1, 0.15) is 6.61 Å². The minimum Gasteiger partial charge on any atom is -0.447 e. The van der Waals surface area contributed by atoms with Gasteiger partial charge in [0.2, 0.25) is 5.91 Å². The van der Waals surface area contributed by atoms with Gasteiger partial charge in [0.15, 0.2) is 0 Å². The molecule has 2 aromatic rings. The van der Waals surface area contributed by atoms with Crippen LogP contribution in [0.1, 0.15) is 30.0 Å². The number of nitrogens with zero attached hydrogens (tertiary/aromatic N) is 1. The molecule has 1 atom stereocenters. The molecule has 1 aliphatic heterocycles. The van der Waals surface area contributed by atoms with E-state index in [1.54, 1.807) is 17.0 Å². The topological polar surface area (TPSA) is 58.6 Å². The van der Waals surface area contributed by atoms with Crippen molar-refractivity contribution >= 4 is 23.6 Å². The SMILES string of the molecule is O=C1CC/C=C/CN(Cc2ccc(Cl)cc2)C(=O)OCC(c2ccccc2)N1. The van der Waals surface area contributed by atoms with Crippen molar-refractivity contribution in [2.45, 2.75) is 25.4 Å². The van der Waals surface area contributed by atoms with Crippen molar-refractivity contribution in [1.82, 2.24) is 10.2 Å². The summed E-state index contributed by atoms with van der Waals surface area (Å²) in [5, 5.41) is 3.61. The quantitative estimate of drug-likeness (QED) is 0.775. The lowest BCUT2D eigenvalue weighted by molar-refractivity contribution is -0.122. The zero-order chi connectivity index (χ0) is 19.8. The number of carbonyl (C=O) groups is 2. The van der Waals surface area contributed by atoms with Gasteiger partial charge in [-0.05, 0) is 29.7 Å². The molecule has 0 saturated carbocycles. The third-order valence-corrected chi connectivity index (χ3v) is 4.74. The number of allylic oxidation sites excluding steroid dienone is 1. The van der Waals surface area contributed by atoms with Gasteiger partial charge in [-0.1, -0.05) is 66.2 Å². The number of ether oxygens (including phenoxy) is 1. The molecule has 0 aliphatic carbocycles. The van der Waals surface area contributed by atoms with Crippen LogP contribution in [0.5, 0.6) is 0 Å². The highest BCUT2D eigenvalue weighted by molar-refractivity contribution is 6.30. The summed E-state index contributed by atoms with van der Waals surface area (Å²) in [6, 6.07) is 16.5. The fourth-order valence-electron chi connectivity index (χ4n) is 2.97. The zero-order valence-electron chi connectivity index (χ0n) is 15.5. The molecule has 0 radical (unpaired) electrons. The highest BCUT2D eigenvalue weighted by Gasteiger charge is 2.20. The van der Waals surface area contributed by atoms with Crippen LogP contribution in [0.25, 0.3) is 0 Å². The molecule has 146 valence electrons. The first-order valence-corrected chi connectivity index (χ1v) is 9.65. The molecule has 2 aromatic carbocycles. The molecule has 0 bridgehead atoms. The molecule has 1 heterocycles. The molecule has 0 spiro atoms. The first-order valence-electron chi connectivity index (χ1n) is 9.27. The summed E-state index contributed by atoms with van der Waals surface area (Å²) in [6.07, 6.45) is 4.40. The van der Waals surface area contributed by atoms with Gasteiger partial charge in [0.25, 0.3) is 0 Å². The number of hydrogen-bond donors (Lipinski definition) is 1.